The van der Waals surface area contributed by atoms with Gasteiger partial charge in [0.15, 0.2) is 6.29 Å². The predicted octanol–water partition coefficient (Wildman–Crippen LogP) is 0.524. The standard InChI is InChI=1S/C11H16N2O4/c1-7(11(16-2)17-3)13-10(15)8-4-9(14)6-12-5-8/h4-7,11,14H,1-3H3,(H,13,15). The Labute approximate surface area is 99.6 Å². The smallest absolute Gasteiger partial charge is 0.253 e. The van der Waals surface area contributed by atoms with Crippen LogP contribution in [0.2, 0.25) is 0 Å². The molecule has 0 aromatic carbocycles. The second-order valence-corrected chi connectivity index (χ2v) is 3.53. The van der Waals surface area contributed by atoms with Gasteiger partial charge in [0.25, 0.3) is 5.91 Å². The number of amides is 1. The largest absolute Gasteiger partial charge is 0.506 e. The number of carbonyl (C=O) groups excluding carboxylic acids is 1. The van der Waals surface area contributed by atoms with Gasteiger partial charge in [-0.1, -0.05) is 0 Å². The highest BCUT2D eigenvalue weighted by molar-refractivity contribution is 5.94. The van der Waals surface area contributed by atoms with Crippen LogP contribution in [0.3, 0.4) is 0 Å². The van der Waals surface area contributed by atoms with Crippen LogP contribution in [-0.2, 0) is 9.47 Å². The molecule has 1 heterocycles. The van der Waals surface area contributed by atoms with E-state index in [0.717, 1.165) is 0 Å². The molecule has 6 heteroatoms. The van der Waals surface area contributed by atoms with Gasteiger partial charge in [-0.2, -0.15) is 0 Å². The summed E-state index contributed by atoms with van der Waals surface area (Å²) in [5.41, 5.74) is 0.280. The molecule has 1 rings (SSSR count). The number of aromatic nitrogens is 1. The number of carbonyl (C=O) groups is 1. The zero-order valence-electron chi connectivity index (χ0n) is 10.0. The summed E-state index contributed by atoms with van der Waals surface area (Å²) in [6.45, 7) is 1.76. The predicted molar refractivity (Wildman–Crippen MR) is 60.6 cm³/mol. The lowest BCUT2D eigenvalue weighted by Crippen LogP contribution is -2.42. The summed E-state index contributed by atoms with van der Waals surface area (Å²) < 4.78 is 10.0. The minimum Gasteiger partial charge on any atom is -0.506 e. The van der Waals surface area contributed by atoms with Gasteiger partial charge in [-0.05, 0) is 13.0 Å². The van der Waals surface area contributed by atoms with E-state index in [4.69, 9.17) is 9.47 Å². The van der Waals surface area contributed by atoms with E-state index >= 15 is 0 Å². The number of hydrogen-bond donors (Lipinski definition) is 2. The van der Waals surface area contributed by atoms with Crippen LogP contribution in [0, 0.1) is 0 Å². The minimum atomic E-state index is -0.524. The highest BCUT2D eigenvalue weighted by atomic mass is 16.7. The number of rotatable bonds is 5. The third kappa shape index (κ3) is 3.69. The van der Waals surface area contributed by atoms with Crippen molar-refractivity contribution in [2.75, 3.05) is 14.2 Å². The highest BCUT2D eigenvalue weighted by Crippen LogP contribution is 2.09. The molecule has 0 spiro atoms. The Morgan fingerprint density at radius 1 is 1.41 bits per heavy atom. The monoisotopic (exact) mass is 240 g/mol. The van der Waals surface area contributed by atoms with Crippen LogP contribution >= 0.6 is 0 Å². The van der Waals surface area contributed by atoms with Gasteiger partial charge in [-0.25, -0.2) is 0 Å². The molecule has 1 aromatic rings. The molecule has 0 saturated heterocycles. The van der Waals surface area contributed by atoms with Crippen molar-refractivity contribution in [3.05, 3.63) is 24.0 Å². The quantitative estimate of drug-likeness (QED) is 0.733. The molecule has 0 aliphatic heterocycles. The first-order chi connectivity index (χ1) is 8.08. The van der Waals surface area contributed by atoms with E-state index in [1.165, 1.54) is 32.7 Å². The Morgan fingerprint density at radius 2 is 2.06 bits per heavy atom. The van der Waals surface area contributed by atoms with Crippen LogP contribution in [0.5, 0.6) is 5.75 Å². The molecule has 1 aromatic heterocycles. The molecule has 0 bridgehead atoms. The second-order valence-electron chi connectivity index (χ2n) is 3.53. The average molecular weight is 240 g/mol. The van der Waals surface area contributed by atoms with E-state index in [1.54, 1.807) is 6.92 Å². The van der Waals surface area contributed by atoms with E-state index in [-0.39, 0.29) is 23.3 Å². The molecular formula is C11H16N2O4. The summed E-state index contributed by atoms with van der Waals surface area (Å²) >= 11 is 0. The van der Waals surface area contributed by atoms with E-state index < -0.39 is 6.29 Å². The lowest BCUT2D eigenvalue weighted by atomic mass is 10.2. The number of hydrogen-bond acceptors (Lipinski definition) is 5. The van der Waals surface area contributed by atoms with Crippen LogP contribution in [0.15, 0.2) is 18.5 Å². The molecular weight excluding hydrogens is 224 g/mol. The highest BCUT2D eigenvalue weighted by Gasteiger charge is 2.18. The van der Waals surface area contributed by atoms with Gasteiger partial charge in [0, 0.05) is 20.4 Å². The van der Waals surface area contributed by atoms with Gasteiger partial charge in [0.05, 0.1) is 17.8 Å². The zero-order chi connectivity index (χ0) is 12.8. The molecule has 17 heavy (non-hydrogen) atoms. The summed E-state index contributed by atoms with van der Waals surface area (Å²) in [5, 5.41) is 11.9. The van der Waals surface area contributed by atoms with Crippen LogP contribution in [0.25, 0.3) is 0 Å². The van der Waals surface area contributed by atoms with Crippen molar-refractivity contribution in [3.63, 3.8) is 0 Å². The van der Waals surface area contributed by atoms with E-state index in [0.29, 0.717) is 0 Å². The normalized spacial score (nSPS) is 12.5. The van der Waals surface area contributed by atoms with Crippen molar-refractivity contribution >= 4 is 5.91 Å². The van der Waals surface area contributed by atoms with Gasteiger partial charge in [-0.15, -0.1) is 0 Å². The maximum absolute atomic E-state index is 11.8. The van der Waals surface area contributed by atoms with Crippen molar-refractivity contribution in [1.29, 1.82) is 0 Å². The summed E-state index contributed by atoms with van der Waals surface area (Å²) in [6, 6.07) is 1.02. The summed E-state index contributed by atoms with van der Waals surface area (Å²) in [7, 11) is 2.99. The number of methoxy groups -OCH3 is 2. The first-order valence-electron chi connectivity index (χ1n) is 5.09. The maximum Gasteiger partial charge on any atom is 0.253 e. The third-order valence-electron chi connectivity index (χ3n) is 2.22. The topological polar surface area (TPSA) is 80.7 Å². The molecule has 1 unspecified atom stereocenters. The molecule has 0 fully saturated rings. The number of pyridine rings is 1. The van der Waals surface area contributed by atoms with E-state index in [1.807, 2.05) is 0 Å². The molecule has 0 saturated carbocycles. The molecule has 1 atom stereocenters. The summed E-state index contributed by atoms with van der Waals surface area (Å²) in [6.07, 6.45) is 2.10. The Hall–Kier alpha value is -1.66. The molecule has 94 valence electrons. The van der Waals surface area contributed by atoms with Crippen molar-refractivity contribution in [1.82, 2.24) is 10.3 Å². The first kappa shape index (κ1) is 13.4. The number of ether oxygens (including phenoxy) is 2. The molecule has 0 radical (unpaired) electrons. The lowest BCUT2D eigenvalue weighted by Gasteiger charge is -2.22. The lowest BCUT2D eigenvalue weighted by molar-refractivity contribution is -0.117. The zero-order valence-corrected chi connectivity index (χ0v) is 10.0. The van der Waals surface area contributed by atoms with Crippen molar-refractivity contribution in [2.45, 2.75) is 19.3 Å². The minimum absolute atomic E-state index is 0.0552. The fourth-order valence-electron chi connectivity index (χ4n) is 1.41. The second kappa shape index (κ2) is 6.17. The Bertz CT molecular complexity index is 379. The Morgan fingerprint density at radius 3 is 2.59 bits per heavy atom. The maximum atomic E-state index is 11.8. The van der Waals surface area contributed by atoms with Crippen LogP contribution in [-0.4, -0.2) is 42.5 Å². The Balaban J connectivity index is 2.66. The van der Waals surface area contributed by atoms with Gasteiger partial charge >= 0.3 is 0 Å². The fraction of sp³-hybridized carbons (Fsp3) is 0.455. The fourth-order valence-corrected chi connectivity index (χ4v) is 1.41. The first-order valence-corrected chi connectivity index (χ1v) is 5.09. The van der Waals surface area contributed by atoms with Crippen LogP contribution in [0.4, 0.5) is 0 Å². The number of nitrogens with one attached hydrogen (secondary N) is 1. The molecule has 0 aliphatic carbocycles. The average Bonchev–Trinajstić information content (AvgIpc) is 2.30. The van der Waals surface area contributed by atoms with Crippen LogP contribution < -0.4 is 5.32 Å². The SMILES string of the molecule is COC(OC)C(C)NC(=O)c1cncc(O)c1. The van der Waals surface area contributed by atoms with E-state index in [2.05, 4.69) is 10.3 Å². The van der Waals surface area contributed by atoms with Gasteiger partial charge < -0.3 is 19.9 Å². The van der Waals surface area contributed by atoms with Gasteiger partial charge in [0.2, 0.25) is 0 Å². The molecule has 6 nitrogen and oxygen atoms in total. The summed E-state index contributed by atoms with van der Waals surface area (Å²) in [4.78, 5) is 15.5. The van der Waals surface area contributed by atoms with Gasteiger partial charge in [0.1, 0.15) is 5.75 Å². The summed E-state index contributed by atoms with van der Waals surface area (Å²) in [5.74, 6) is -0.402. The molecule has 1 amide bonds. The number of nitrogens with zero attached hydrogens (tertiary/aromatic N) is 1. The third-order valence-corrected chi connectivity index (χ3v) is 2.22. The molecule has 2 N–H and O–H groups in total. The Kier molecular flexibility index (Phi) is 4.86. The number of aromatic hydroxyl groups is 1. The molecule has 0 aliphatic rings. The van der Waals surface area contributed by atoms with Crippen molar-refractivity contribution < 1.29 is 19.4 Å². The van der Waals surface area contributed by atoms with Crippen molar-refractivity contribution in [2.24, 2.45) is 0 Å². The van der Waals surface area contributed by atoms with Crippen molar-refractivity contribution in [3.8, 4) is 5.75 Å². The van der Waals surface area contributed by atoms with E-state index in [9.17, 15) is 9.90 Å². The van der Waals surface area contributed by atoms with Crippen LogP contribution in [0.1, 0.15) is 17.3 Å². The van der Waals surface area contributed by atoms with Gasteiger partial charge in [-0.3, -0.25) is 9.78 Å².